The quantitative estimate of drug-likeness (QED) is 0.390. The molecule has 0 bridgehead atoms. The van der Waals surface area contributed by atoms with E-state index in [1.54, 1.807) is 0 Å². The summed E-state index contributed by atoms with van der Waals surface area (Å²) < 4.78 is 25.4. The predicted molar refractivity (Wildman–Crippen MR) is 106 cm³/mol. The van der Waals surface area contributed by atoms with Gasteiger partial charge >= 0.3 is 5.97 Å². The van der Waals surface area contributed by atoms with Gasteiger partial charge in [-0.1, -0.05) is 46.5 Å². The van der Waals surface area contributed by atoms with Crippen molar-refractivity contribution in [1.29, 1.82) is 0 Å². The highest BCUT2D eigenvalue weighted by Crippen LogP contribution is 2.30. The second-order valence-corrected chi connectivity index (χ2v) is 9.95. The standard InChI is InChI=1S/C19H39NO5S/c1-5-6-14-19(2,3)17(21)12-11-16-20(26(4,24)25)15-10-8-7-9-13-18(22)23/h17,21H,5-16H2,1-4H3,(H,22,23). The molecule has 0 aliphatic rings. The first-order chi connectivity index (χ1) is 12.0. The lowest BCUT2D eigenvalue weighted by Gasteiger charge is -2.31. The highest BCUT2D eigenvalue weighted by atomic mass is 32.2. The molecule has 0 fully saturated rings. The Kier molecular flexibility index (Phi) is 12.4. The molecule has 1 atom stereocenters. The van der Waals surface area contributed by atoms with Crippen LogP contribution in [0.1, 0.15) is 85.0 Å². The summed E-state index contributed by atoms with van der Waals surface area (Å²) in [7, 11) is -3.26. The molecule has 2 N–H and O–H groups in total. The summed E-state index contributed by atoms with van der Waals surface area (Å²) in [5, 5.41) is 19.0. The molecular weight excluding hydrogens is 354 g/mol. The Labute approximate surface area is 160 Å². The van der Waals surface area contributed by atoms with Gasteiger partial charge in [0, 0.05) is 19.5 Å². The first kappa shape index (κ1) is 25.3. The van der Waals surface area contributed by atoms with Crippen molar-refractivity contribution in [2.45, 2.75) is 91.1 Å². The summed E-state index contributed by atoms with van der Waals surface area (Å²) >= 11 is 0. The van der Waals surface area contributed by atoms with Crippen molar-refractivity contribution < 1.29 is 23.4 Å². The third-order valence-corrected chi connectivity index (χ3v) is 6.28. The average molecular weight is 394 g/mol. The Balaban J connectivity index is 4.25. The molecule has 0 aromatic heterocycles. The predicted octanol–water partition coefficient (Wildman–Crippen LogP) is 3.64. The summed E-state index contributed by atoms with van der Waals surface area (Å²) in [4.78, 5) is 10.5. The summed E-state index contributed by atoms with van der Waals surface area (Å²) in [6.45, 7) is 7.15. The van der Waals surface area contributed by atoms with Gasteiger partial charge in [0.15, 0.2) is 0 Å². The second-order valence-electron chi connectivity index (χ2n) is 7.97. The molecule has 0 aliphatic carbocycles. The number of aliphatic hydroxyl groups excluding tert-OH is 1. The van der Waals surface area contributed by atoms with E-state index >= 15 is 0 Å². The number of carboxylic acids is 1. The van der Waals surface area contributed by atoms with Gasteiger partial charge in [-0.3, -0.25) is 4.79 Å². The van der Waals surface area contributed by atoms with Crippen LogP contribution in [0.15, 0.2) is 0 Å². The van der Waals surface area contributed by atoms with Crippen LogP contribution in [0.5, 0.6) is 0 Å². The minimum absolute atomic E-state index is 0.143. The molecule has 0 saturated carbocycles. The molecule has 0 spiro atoms. The van der Waals surface area contributed by atoms with Crippen molar-refractivity contribution in [3.63, 3.8) is 0 Å². The van der Waals surface area contributed by atoms with Gasteiger partial charge in [-0.15, -0.1) is 0 Å². The first-order valence-corrected chi connectivity index (χ1v) is 11.7. The van der Waals surface area contributed by atoms with Crippen molar-refractivity contribution in [3.05, 3.63) is 0 Å². The second kappa shape index (κ2) is 12.7. The Morgan fingerprint density at radius 1 is 1.04 bits per heavy atom. The van der Waals surface area contributed by atoms with E-state index in [1.807, 2.05) is 0 Å². The lowest BCUT2D eigenvalue weighted by molar-refractivity contribution is -0.137. The Morgan fingerprint density at radius 3 is 2.15 bits per heavy atom. The van der Waals surface area contributed by atoms with E-state index in [-0.39, 0.29) is 11.8 Å². The molecule has 6 nitrogen and oxygen atoms in total. The molecule has 0 aliphatic heterocycles. The fourth-order valence-corrected chi connectivity index (χ4v) is 3.93. The van der Waals surface area contributed by atoms with E-state index in [0.29, 0.717) is 32.4 Å². The maximum Gasteiger partial charge on any atom is 0.303 e. The van der Waals surface area contributed by atoms with Crippen molar-refractivity contribution in [3.8, 4) is 0 Å². The minimum atomic E-state index is -3.26. The van der Waals surface area contributed by atoms with E-state index in [0.717, 1.165) is 38.5 Å². The van der Waals surface area contributed by atoms with Crippen LogP contribution in [-0.2, 0) is 14.8 Å². The molecular formula is C19H39NO5S. The summed E-state index contributed by atoms with van der Waals surface area (Å²) in [6.07, 6.45) is 8.35. The highest BCUT2D eigenvalue weighted by Gasteiger charge is 2.27. The molecule has 0 aromatic carbocycles. The van der Waals surface area contributed by atoms with E-state index in [1.165, 1.54) is 10.6 Å². The number of aliphatic carboxylic acids is 1. The summed E-state index contributed by atoms with van der Waals surface area (Å²) in [5.41, 5.74) is -0.143. The molecule has 1 unspecified atom stereocenters. The number of hydrogen-bond donors (Lipinski definition) is 2. The number of hydrogen-bond acceptors (Lipinski definition) is 4. The van der Waals surface area contributed by atoms with Gasteiger partial charge in [0.2, 0.25) is 10.0 Å². The van der Waals surface area contributed by atoms with Crippen LogP contribution in [0.4, 0.5) is 0 Å². The fraction of sp³-hybridized carbons (Fsp3) is 0.947. The highest BCUT2D eigenvalue weighted by molar-refractivity contribution is 7.88. The summed E-state index contributed by atoms with van der Waals surface area (Å²) in [5.74, 6) is -0.789. The van der Waals surface area contributed by atoms with E-state index < -0.39 is 22.1 Å². The molecule has 156 valence electrons. The largest absolute Gasteiger partial charge is 0.481 e. The van der Waals surface area contributed by atoms with Crippen LogP contribution in [0, 0.1) is 5.41 Å². The zero-order valence-corrected chi connectivity index (χ0v) is 17.9. The number of carboxylic acid groups (broad SMARTS) is 1. The fourth-order valence-electron chi connectivity index (χ4n) is 3.01. The molecule has 0 rings (SSSR count). The number of rotatable bonds is 16. The lowest BCUT2D eigenvalue weighted by Crippen LogP contribution is -2.34. The topological polar surface area (TPSA) is 94.9 Å². The van der Waals surface area contributed by atoms with Gasteiger partial charge in [-0.25, -0.2) is 12.7 Å². The Hall–Kier alpha value is -0.660. The maximum absolute atomic E-state index is 11.9. The molecule has 7 heteroatoms. The van der Waals surface area contributed by atoms with Crippen LogP contribution in [0.3, 0.4) is 0 Å². The number of unbranched alkanes of at least 4 members (excludes halogenated alkanes) is 4. The monoisotopic (exact) mass is 393 g/mol. The average Bonchev–Trinajstić information content (AvgIpc) is 2.52. The van der Waals surface area contributed by atoms with Gasteiger partial charge in [0.25, 0.3) is 0 Å². The molecule has 0 heterocycles. The van der Waals surface area contributed by atoms with Crippen molar-refractivity contribution >= 4 is 16.0 Å². The molecule has 0 saturated heterocycles. The third-order valence-electron chi connectivity index (χ3n) is 4.98. The number of carbonyl (C=O) groups is 1. The number of aliphatic hydroxyl groups is 1. The Bertz CT molecular complexity index is 490. The minimum Gasteiger partial charge on any atom is -0.481 e. The van der Waals surface area contributed by atoms with Gasteiger partial charge in [0.05, 0.1) is 12.4 Å². The van der Waals surface area contributed by atoms with Crippen LogP contribution >= 0.6 is 0 Å². The van der Waals surface area contributed by atoms with E-state index in [9.17, 15) is 18.3 Å². The van der Waals surface area contributed by atoms with Crippen LogP contribution < -0.4 is 0 Å². The number of nitrogens with zero attached hydrogens (tertiary/aromatic N) is 1. The van der Waals surface area contributed by atoms with Crippen molar-refractivity contribution in [2.75, 3.05) is 19.3 Å². The van der Waals surface area contributed by atoms with E-state index in [4.69, 9.17) is 5.11 Å². The van der Waals surface area contributed by atoms with Crippen LogP contribution in [0.2, 0.25) is 0 Å². The van der Waals surface area contributed by atoms with Gasteiger partial charge in [-0.2, -0.15) is 0 Å². The number of sulfonamides is 1. The lowest BCUT2D eigenvalue weighted by atomic mass is 9.80. The van der Waals surface area contributed by atoms with E-state index in [2.05, 4.69) is 20.8 Å². The molecule has 0 radical (unpaired) electrons. The zero-order valence-electron chi connectivity index (χ0n) is 17.0. The maximum atomic E-state index is 11.9. The van der Waals surface area contributed by atoms with Gasteiger partial charge in [-0.05, 0) is 37.5 Å². The molecule has 0 amide bonds. The molecule has 26 heavy (non-hydrogen) atoms. The summed E-state index contributed by atoms with van der Waals surface area (Å²) in [6, 6.07) is 0. The third kappa shape index (κ3) is 11.9. The van der Waals surface area contributed by atoms with Crippen LogP contribution in [0.25, 0.3) is 0 Å². The van der Waals surface area contributed by atoms with Gasteiger partial charge in [0.1, 0.15) is 0 Å². The van der Waals surface area contributed by atoms with Crippen LogP contribution in [-0.4, -0.2) is 54.4 Å². The SMILES string of the molecule is CCCCC(C)(C)C(O)CCCN(CCCCCCC(=O)O)S(C)(=O)=O. The first-order valence-electron chi connectivity index (χ1n) is 9.85. The van der Waals surface area contributed by atoms with Gasteiger partial charge < -0.3 is 10.2 Å². The molecule has 0 aromatic rings. The van der Waals surface area contributed by atoms with Crippen molar-refractivity contribution in [1.82, 2.24) is 4.31 Å². The zero-order chi connectivity index (χ0) is 20.2. The smallest absolute Gasteiger partial charge is 0.303 e. The Morgan fingerprint density at radius 2 is 1.62 bits per heavy atom. The normalized spacial score (nSPS) is 13.9. The van der Waals surface area contributed by atoms with Crippen molar-refractivity contribution in [2.24, 2.45) is 5.41 Å².